The minimum absolute atomic E-state index is 0.127. The molecule has 2 rings (SSSR count). The summed E-state index contributed by atoms with van der Waals surface area (Å²) in [6.45, 7) is 9.56. The lowest BCUT2D eigenvalue weighted by Crippen LogP contribution is -2.10. The van der Waals surface area contributed by atoms with Crippen LogP contribution in [0.2, 0.25) is 0 Å². The van der Waals surface area contributed by atoms with Crippen molar-refractivity contribution in [2.45, 2.75) is 39.7 Å². The van der Waals surface area contributed by atoms with E-state index in [2.05, 4.69) is 69.4 Å². The Morgan fingerprint density at radius 2 is 1.81 bits per heavy atom. The highest BCUT2D eigenvalue weighted by Gasteiger charge is 2.14. The second-order valence-electron chi connectivity index (χ2n) is 6.51. The number of ether oxygens (including phenoxy) is 1. The van der Waals surface area contributed by atoms with Crippen LogP contribution in [0.1, 0.15) is 37.5 Å². The first-order valence-electron chi connectivity index (χ1n) is 7.42. The van der Waals surface area contributed by atoms with Gasteiger partial charge in [-0.1, -0.05) is 45.0 Å². The minimum atomic E-state index is 0.127. The molecule has 0 aliphatic carbocycles. The molecule has 0 aromatic heterocycles. The van der Waals surface area contributed by atoms with Crippen LogP contribution in [-0.2, 0) is 12.0 Å². The van der Waals surface area contributed by atoms with Crippen molar-refractivity contribution in [1.29, 1.82) is 0 Å². The van der Waals surface area contributed by atoms with Gasteiger partial charge in [0.15, 0.2) is 0 Å². The molecule has 0 saturated carbocycles. The van der Waals surface area contributed by atoms with E-state index < -0.39 is 0 Å². The fraction of sp³-hybridized carbons (Fsp3) is 0.368. The first kappa shape index (κ1) is 15.6. The lowest BCUT2D eigenvalue weighted by Gasteiger charge is -2.20. The van der Waals surface area contributed by atoms with E-state index >= 15 is 0 Å². The average molecular weight is 283 g/mol. The summed E-state index contributed by atoms with van der Waals surface area (Å²) >= 11 is 0. The Hall–Kier alpha value is -1.80. The van der Waals surface area contributed by atoms with Crippen LogP contribution >= 0.6 is 0 Å². The summed E-state index contributed by atoms with van der Waals surface area (Å²) in [6, 6.07) is 14.7. The van der Waals surface area contributed by atoms with Crippen LogP contribution in [0.4, 0.5) is 0 Å². The molecule has 0 fully saturated rings. The van der Waals surface area contributed by atoms with Crippen molar-refractivity contribution in [3.8, 4) is 11.5 Å². The Bertz CT molecular complexity index is 611. The second kappa shape index (κ2) is 6.31. The third kappa shape index (κ3) is 4.08. The molecular weight excluding hydrogens is 258 g/mol. The van der Waals surface area contributed by atoms with E-state index in [1.807, 2.05) is 13.1 Å². The van der Waals surface area contributed by atoms with E-state index in [1.165, 1.54) is 11.1 Å². The monoisotopic (exact) mass is 283 g/mol. The van der Waals surface area contributed by atoms with Crippen molar-refractivity contribution < 1.29 is 4.74 Å². The van der Waals surface area contributed by atoms with Gasteiger partial charge in [-0.2, -0.15) is 0 Å². The van der Waals surface area contributed by atoms with Gasteiger partial charge in [-0.25, -0.2) is 0 Å². The maximum Gasteiger partial charge on any atom is 0.130 e. The van der Waals surface area contributed by atoms with E-state index in [4.69, 9.17) is 4.74 Å². The summed E-state index contributed by atoms with van der Waals surface area (Å²) in [7, 11) is 1.95. The molecule has 0 bridgehead atoms. The molecule has 0 unspecified atom stereocenters. The van der Waals surface area contributed by atoms with Crippen LogP contribution < -0.4 is 10.1 Å². The first-order valence-corrected chi connectivity index (χ1v) is 7.42. The van der Waals surface area contributed by atoms with Crippen molar-refractivity contribution in [2.24, 2.45) is 0 Å². The smallest absolute Gasteiger partial charge is 0.130 e. The molecule has 2 aromatic rings. The summed E-state index contributed by atoms with van der Waals surface area (Å²) < 4.78 is 6.10. The second-order valence-corrected chi connectivity index (χ2v) is 6.51. The van der Waals surface area contributed by atoms with Gasteiger partial charge in [0, 0.05) is 6.54 Å². The van der Waals surface area contributed by atoms with E-state index in [0.29, 0.717) is 0 Å². The van der Waals surface area contributed by atoms with Gasteiger partial charge in [-0.05, 0) is 54.3 Å². The quantitative estimate of drug-likeness (QED) is 0.870. The normalized spacial score (nSPS) is 11.5. The van der Waals surface area contributed by atoms with Gasteiger partial charge in [0.25, 0.3) is 0 Å². The zero-order chi connectivity index (χ0) is 15.5. The standard InChI is InChI=1S/C19H25NO/c1-14-9-10-15(13-20-5)11-18(14)21-17-8-6-7-16(12-17)19(2,3)4/h6-12,20H,13H2,1-5H3. The largest absolute Gasteiger partial charge is 0.457 e. The lowest BCUT2D eigenvalue weighted by molar-refractivity contribution is 0.474. The number of nitrogens with one attached hydrogen (secondary N) is 1. The molecule has 0 aliphatic rings. The molecule has 0 radical (unpaired) electrons. The van der Waals surface area contributed by atoms with Crippen molar-refractivity contribution in [3.63, 3.8) is 0 Å². The van der Waals surface area contributed by atoms with Gasteiger partial charge in [-0.15, -0.1) is 0 Å². The Labute approximate surface area is 128 Å². The minimum Gasteiger partial charge on any atom is -0.457 e. The molecule has 0 atom stereocenters. The summed E-state index contributed by atoms with van der Waals surface area (Å²) in [6.07, 6.45) is 0. The summed E-state index contributed by atoms with van der Waals surface area (Å²) in [5.41, 5.74) is 3.78. The van der Waals surface area contributed by atoms with E-state index in [0.717, 1.165) is 23.6 Å². The number of hydrogen-bond acceptors (Lipinski definition) is 2. The summed E-state index contributed by atoms with van der Waals surface area (Å²) in [5.74, 6) is 1.82. The predicted molar refractivity (Wildman–Crippen MR) is 89.2 cm³/mol. The SMILES string of the molecule is CNCc1ccc(C)c(Oc2cccc(C(C)(C)C)c2)c1. The van der Waals surface area contributed by atoms with Crippen molar-refractivity contribution in [1.82, 2.24) is 5.32 Å². The molecule has 0 spiro atoms. The van der Waals surface area contributed by atoms with Gasteiger partial charge in [0.1, 0.15) is 11.5 Å². The molecule has 112 valence electrons. The fourth-order valence-electron chi connectivity index (χ4n) is 2.22. The molecule has 0 heterocycles. The number of rotatable bonds is 4. The van der Waals surface area contributed by atoms with Crippen molar-refractivity contribution in [2.75, 3.05) is 7.05 Å². The van der Waals surface area contributed by atoms with Crippen LogP contribution in [0.3, 0.4) is 0 Å². The highest BCUT2D eigenvalue weighted by atomic mass is 16.5. The molecule has 0 amide bonds. The van der Waals surface area contributed by atoms with E-state index in [-0.39, 0.29) is 5.41 Å². The maximum atomic E-state index is 6.10. The Balaban J connectivity index is 2.27. The third-order valence-corrected chi connectivity index (χ3v) is 3.56. The topological polar surface area (TPSA) is 21.3 Å². The molecule has 2 heteroatoms. The van der Waals surface area contributed by atoms with E-state index in [1.54, 1.807) is 0 Å². The maximum absolute atomic E-state index is 6.10. The fourth-order valence-corrected chi connectivity index (χ4v) is 2.22. The van der Waals surface area contributed by atoms with Crippen LogP contribution in [-0.4, -0.2) is 7.05 Å². The van der Waals surface area contributed by atoms with Gasteiger partial charge in [0.05, 0.1) is 0 Å². The van der Waals surface area contributed by atoms with Crippen molar-refractivity contribution >= 4 is 0 Å². The summed E-state index contributed by atoms with van der Waals surface area (Å²) in [4.78, 5) is 0. The number of hydrogen-bond donors (Lipinski definition) is 1. The molecule has 0 saturated heterocycles. The Morgan fingerprint density at radius 1 is 1.05 bits per heavy atom. The lowest BCUT2D eigenvalue weighted by atomic mass is 9.87. The first-order chi connectivity index (χ1) is 9.90. The molecule has 1 N–H and O–H groups in total. The van der Waals surface area contributed by atoms with Crippen LogP contribution in [0.25, 0.3) is 0 Å². The zero-order valence-electron chi connectivity index (χ0n) is 13.7. The molecule has 2 aromatic carbocycles. The van der Waals surface area contributed by atoms with Crippen LogP contribution in [0, 0.1) is 6.92 Å². The Kier molecular flexibility index (Phi) is 4.69. The van der Waals surface area contributed by atoms with Gasteiger partial charge < -0.3 is 10.1 Å². The highest BCUT2D eigenvalue weighted by Crippen LogP contribution is 2.30. The third-order valence-electron chi connectivity index (χ3n) is 3.56. The number of aryl methyl sites for hydroxylation is 1. The molecule has 21 heavy (non-hydrogen) atoms. The summed E-state index contributed by atoms with van der Waals surface area (Å²) in [5, 5.41) is 3.17. The van der Waals surface area contributed by atoms with Crippen molar-refractivity contribution in [3.05, 3.63) is 59.2 Å². The average Bonchev–Trinajstić information content (AvgIpc) is 2.42. The van der Waals surface area contributed by atoms with Crippen LogP contribution in [0.5, 0.6) is 11.5 Å². The molecule has 2 nitrogen and oxygen atoms in total. The Morgan fingerprint density at radius 3 is 2.48 bits per heavy atom. The molecule has 0 aliphatic heterocycles. The molecular formula is C19H25NO. The van der Waals surface area contributed by atoms with Gasteiger partial charge in [-0.3, -0.25) is 0 Å². The zero-order valence-corrected chi connectivity index (χ0v) is 13.7. The van der Waals surface area contributed by atoms with E-state index in [9.17, 15) is 0 Å². The predicted octanol–water partition coefficient (Wildman–Crippen LogP) is 4.80. The van der Waals surface area contributed by atoms with Crippen LogP contribution in [0.15, 0.2) is 42.5 Å². The highest BCUT2D eigenvalue weighted by molar-refractivity contribution is 5.41. The van der Waals surface area contributed by atoms with Gasteiger partial charge in [0.2, 0.25) is 0 Å². The number of benzene rings is 2. The van der Waals surface area contributed by atoms with Gasteiger partial charge >= 0.3 is 0 Å².